The van der Waals surface area contributed by atoms with Crippen molar-refractivity contribution < 1.29 is 14.3 Å². The Hall–Kier alpha value is -3.34. The molecule has 2 aromatic carbocycles. The molecule has 2 aliphatic rings. The van der Waals surface area contributed by atoms with Crippen LogP contribution in [0.25, 0.3) is 10.9 Å². The monoisotopic (exact) mass is 386 g/mol. The number of ketones is 1. The van der Waals surface area contributed by atoms with E-state index in [1.54, 1.807) is 20.4 Å². The van der Waals surface area contributed by atoms with Gasteiger partial charge in [0, 0.05) is 46.4 Å². The summed E-state index contributed by atoms with van der Waals surface area (Å²) in [6.45, 7) is 0. The van der Waals surface area contributed by atoms with Gasteiger partial charge in [0.05, 0.1) is 19.7 Å². The average Bonchev–Trinajstić information content (AvgIpc) is 2.77. The summed E-state index contributed by atoms with van der Waals surface area (Å²) >= 11 is 0. The van der Waals surface area contributed by atoms with Gasteiger partial charge in [0.25, 0.3) is 0 Å². The Bertz CT molecular complexity index is 1170. The lowest BCUT2D eigenvalue weighted by Crippen LogP contribution is -2.27. The maximum Gasteiger partial charge on any atom is 0.161 e. The highest BCUT2D eigenvalue weighted by molar-refractivity contribution is 6.03. The lowest BCUT2D eigenvalue weighted by molar-refractivity contribution is -0.116. The molecule has 1 aliphatic carbocycles. The van der Waals surface area contributed by atoms with Crippen LogP contribution in [0.4, 0.5) is 5.69 Å². The van der Waals surface area contributed by atoms with Crippen molar-refractivity contribution in [2.75, 3.05) is 19.5 Å². The number of allylic oxidation sites excluding steroid dienone is 2. The van der Waals surface area contributed by atoms with Crippen molar-refractivity contribution in [2.24, 2.45) is 0 Å². The lowest BCUT2D eigenvalue weighted by Gasteiger charge is -2.35. The summed E-state index contributed by atoms with van der Waals surface area (Å²) in [6, 6.07) is 13.9. The van der Waals surface area contributed by atoms with Crippen molar-refractivity contribution in [1.82, 2.24) is 4.98 Å². The zero-order valence-corrected chi connectivity index (χ0v) is 16.5. The molecule has 5 heteroatoms. The van der Waals surface area contributed by atoms with Crippen LogP contribution in [0.15, 0.2) is 59.9 Å². The summed E-state index contributed by atoms with van der Waals surface area (Å²) in [5.74, 6) is 1.45. The van der Waals surface area contributed by atoms with E-state index in [-0.39, 0.29) is 11.7 Å². The molecule has 1 aromatic heterocycles. The van der Waals surface area contributed by atoms with Gasteiger partial charge in [-0.3, -0.25) is 9.78 Å². The van der Waals surface area contributed by atoms with Crippen LogP contribution in [0.3, 0.4) is 0 Å². The number of hydrogen-bond donors (Lipinski definition) is 1. The average molecular weight is 386 g/mol. The number of methoxy groups -OCH3 is 2. The molecule has 3 aromatic rings. The maximum absolute atomic E-state index is 13.1. The minimum absolute atomic E-state index is 0.195. The van der Waals surface area contributed by atoms with Gasteiger partial charge < -0.3 is 14.8 Å². The van der Waals surface area contributed by atoms with Gasteiger partial charge in [-0.05, 0) is 54.8 Å². The second-order valence-electron chi connectivity index (χ2n) is 7.43. The molecule has 1 atom stereocenters. The fourth-order valence-electron chi connectivity index (χ4n) is 4.61. The van der Waals surface area contributed by atoms with Gasteiger partial charge in [-0.15, -0.1) is 0 Å². The van der Waals surface area contributed by atoms with Crippen molar-refractivity contribution in [3.63, 3.8) is 0 Å². The van der Waals surface area contributed by atoms with Gasteiger partial charge in [-0.1, -0.05) is 6.07 Å². The zero-order chi connectivity index (χ0) is 20.0. The number of nitrogens with zero attached hydrogens (tertiary/aromatic N) is 1. The number of rotatable bonds is 3. The maximum atomic E-state index is 13.1. The second kappa shape index (κ2) is 6.92. The Morgan fingerprint density at radius 3 is 2.79 bits per heavy atom. The molecule has 5 rings (SSSR count). The number of ether oxygens (including phenoxy) is 2. The number of pyridine rings is 1. The topological polar surface area (TPSA) is 60.5 Å². The SMILES string of the molecule is COc1ccc(OC)c([C@H]2C3=C(CCCC3=O)Nc3ccc4ncccc4c32)c1. The molecule has 0 saturated carbocycles. The first kappa shape index (κ1) is 17.7. The van der Waals surface area contributed by atoms with Gasteiger partial charge in [-0.25, -0.2) is 0 Å². The second-order valence-corrected chi connectivity index (χ2v) is 7.43. The number of nitrogens with one attached hydrogen (secondary N) is 1. The van der Waals surface area contributed by atoms with E-state index >= 15 is 0 Å². The third kappa shape index (κ3) is 2.77. The molecule has 2 heterocycles. The summed E-state index contributed by atoms with van der Waals surface area (Å²) in [6.07, 6.45) is 4.11. The molecule has 0 amide bonds. The quantitative estimate of drug-likeness (QED) is 0.700. The van der Waals surface area contributed by atoms with E-state index in [1.807, 2.05) is 30.3 Å². The number of aromatic nitrogens is 1. The largest absolute Gasteiger partial charge is 0.497 e. The van der Waals surface area contributed by atoms with Gasteiger partial charge in [-0.2, -0.15) is 0 Å². The van der Waals surface area contributed by atoms with Crippen LogP contribution in [0.2, 0.25) is 0 Å². The molecule has 1 N–H and O–H groups in total. The number of hydrogen-bond acceptors (Lipinski definition) is 5. The summed E-state index contributed by atoms with van der Waals surface area (Å²) in [7, 11) is 3.31. The minimum Gasteiger partial charge on any atom is -0.497 e. The van der Waals surface area contributed by atoms with Crippen molar-refractivity contribution in [2.45, 2.75) is 25.2 Å². The van der Waals surface area contributed by atoms with Gasteiger partial charge >= 0.3 is 0 Å². The van der Waals surface area contributed by atoms with E-state index in [4.69, 9.17) is 9.47 Å². The molecule has 0 spiro atoms. The number of carbonyl (C=O) groups excluding carboxylic acids is 1. The molecule has 29 heavy (non-hydrogen) atoms. The third-order valence-corrected chi connectivity index (χ3v) is 5.89. The van der Waals surface area contributed by atoms with Crippen LogP contribution in [-0.4, -0.2) is 25.0 Å². The first-order chi connectivity index (χ1) is 14.2. The van der Waals surface area contributed by atoms with Crippen molar-refractivity contribution in [1.29, 1.82) is 0 Å². The smallest absolute Gasteiger partial charge is 0.161 e. The fraction of sp³-hybridized carbons (Fsp3) is 0.250. The zero-order valence-electron chi connectivity index (χ0n) is 16.5. The van der Waals surface area contributed by atoms with Gasteiger partial charge in [0.2, 0.25) is 0 Å². The van der Waals surface area contributed by atoms with E-state index < -0.39 is 0 Å². The highest BCUT2D eigenvalue weighted by Crippen LogP contribution is 2.50. The Labute approximate surface area is 169 Å². The number of Topliss-reactive ketones (excluding diaryl/α,β-unsaturated/α-hetero) is 1. The van der Waals surface area contributed by atoms with E-state index in [2.05, 4.69) is 22.4 Å². The summed E-state index contributed by atoms with van der Waals surface area (Å²) in [4.78, 5) is 17.7. The molecule has 0 unspecified atom stereocenters. The van der Waals surface area contributed by atoms with Gasteiger partial charge in [0.15, 0.2) is 5.78 Å². The van der Waals surface area contributed by atoms with Crippen molar-refractivity contribution in [3.05, 3.63) is 71.1 Å². The third-order valence-electron chi connectivity index (χ3n) is 5.89. The Morgan fingerprint density at radius 1 is 1.07 bits per heavy atom. The molecule has 146 valence electrons. The Morgan fingerprint density at radius 2 is 1.97 bits per heavy atom. The Kier molecular flexibility index (Phi) is 4.23. The van der Waals surface area contributed by atoms with Gasteiger partial charge in [0.1, 0.15) is 11.5 Å². The molecule has 1 aliphatic heterocycles. The minimum atomic E-state index is -0.230. The summed E-state index contributed by atoms with van der Waals surface area (Å²) in [5.41, 5.74) is 5.80. The predicted octanol–water partition coefficient (Wildman–Crippen LogP) is 4.82. The molecule has 0 radical (unpaired) electrons. The van der Waals surface area contributed by atoms with E-state index in [1.165, 1.54) is 0 Å². The molecule has 0 fully saturated rings. The lowest BCUT2D eigenvalue weighted by atomic mass is 9.74. The van der Waals surface area contributed by atoms with Crippen LogP contribution >= 0.6 is 0 Å². The Balaban J connectivity index is 1.86. The number of benzene rings is 2. The van der Waals surface area contributed by atoms with Crippen LogP contribution in [-0.2, 0) is 4.79 Å². The van der Waals surface area contributed by atoms with E-state index in [0.717, 1.165) is 63.3 Å². The highest BCUT2D eigenvalue weighted by Gasteiger charge is 2.37. The number of fused-ring (bicyclic) bond motifs is 3. The summed E-state index contributed by atoms with van der Waals surface area (Å²) in [5, 5.41) is 4.59. The normalized spacial score (nSPS) is 18.1. The molecular weight excluding hydrogens is 364 g/mol. The van der Waals surface area contributed by atoms with Crippen LogP contribution < -0.4 is 14.8 Å². The first-order valence-corrected chi connectivity index (χ1v) is 9.84. The molecule has 0 saturated heterocycles. The van der Waals surface area contributed by atoms with E-state index in [9.17, 15) is 4.79 Å². The fourth-order valence-corrected chi connectivity index (χ4v) is 4.61. The molecule has 0 bridgehead atoms. The molecule has 5 nitrogen and oxygen atoms in total. The highest BCUT2D eigenvalue weighted by atomic mass is 16.5. The van der Waals surface area contributed by atoms with Crippen LogP contribution in [0.5, 0.6) is 11.5 Å². The first-order valence-electron chi connectivity index (χ1n) is 9.84. The molecular formula is C24H22N2O3. The summed E-state index contributed by atoms with van der Waals surface area (Å²) < 4.78 is 11.2. The van der Waals surface area contributed by atoms with Crippen LogP contribution in [0.1, 0.15) is 36.3 Å². The van der Waals surface area contributed by atoms with E-state index in [0.29, 0.717) is 6.42 Å². The number of carbonyl (C=O) groups is 1. The standard InChI is InChI=1S/C24H22N2O3/c1-28-14-8-11-21(29-2)16(13-14)23-22-15-5-4-12-25-17(15)9-10-19(22)26-18-6-3-7-20(27)24(18)23/h4-5,8-13,23,26H,3,6-7H2,1-2H3/t23-/m1/s1. The van der Waals surface area contributed by atoms with Crippen molar-refractivity contribution in [3.8, 4) is 11.5 Å². The predicted molar refractivity (Wildman–Crippen MR) is 113 cm³/mol. The van der Waals surface area contributed by atoms with Crippen molar-refractivity contribution >= 4 is 22.4 Å². The van der Waals surface area contributed by atoms with Crippen LogP contribution in [0, 0.1) is 0 Å². The number of anilines is 1.